The Bertz CT molecular complexity index is 1620. The molecule has 0 radical (unpaired) electrons. The third-order valence-electron chi connectivity index (χ3n) is 10.4. The average Bonchev–Trinajstić information content (AvgIpc) is 3.23. The van der Waals surface area contributed by atoms with Crippen molar-refractivity contribution in [1.82, 2.24) is 19.6 Å². The summed E-state index contributed by atoms with van der Waals surface area (Å²) in [6, 6.07) is 29.9. The molecule has 2 amide bonds. The van der Waals surface area contributed by atoms with Crippen molar-refractivity contribution in [2.24, 2.45) is 5.92 Å². The maximum absolute atomic E-state index is 12.1. The first kappa shape index (κ1) is 47.5. The molecular weight excluding hydrogens is 761 g/mol. The molecule has 0 aromatic heterocycles. The van der Waals surface area contributed by atoms with Crippen LogP contribution in [0.4, 0.5) is 9.59 Å². The Balaban J connectivity index is 0.000000340. The molecule has 2 heterocycles. The minimum Gasteiger partial charge on any atom is -0.448 e. The number of hydrogen-bond acceptors (Lipinski definition) is 13. The monoisotopic (exact) mass is 824 g/mol. The Kier molecular flexibility index (Phi) is 20.0. The molecule has 15 nitrogen and oxygen atoms in total. The lowest BCUT2D eigenvalue weighted by Crippen LogP contribution is -2.62. The van der Waals surface area contributed by atoms with E-state index in [0.29, 0.717) is 39.6 Å². The number of piperidine rings is 2. The fourth-order valence-corrected chi connectivity index (χ4v) is 7.08. The van der Waals surface area contributed by atoms with Crippen molar-refractivity contribution in [3.63, 3.8) is 0 Å². The first-order valence-corrected chi connectivity index (χ1v) is 20.1. The molecule has 5 rings (SSSR count). The van der Waals surface area contributed by atoms with Gasteiger partial charge in [0.05, 0.1) is 57.3 Å². The van der Waals surface area contributed by atoms with Crippen LogP contribution < -0.4 is 0 Å². The summed E-state index contributed by atoms with van der Waals surface area (Å²) >= 11 is 0. The zero-order valence-corrected chi connectivity index (χ0v) is 35.0. The van der Waals surface area contributed by atoms with Crippen LogP contribution in [0.15, 0.2) is 91.0 Å². The van der Waals surface area contributed by atoms with E-state index in [4.69, 9.17) is 23.7 Å². The van der Waals surface area contributed by atoms with E-state index < -0.39 is 30.4 Å². The van der Waals surface area contributed by atoms with E-state index in [9.17, 15) is 30.0 Å². The lowest BCUT2D eigenvalue weighted by atomic mass is 9.88. The molecule has 326 valence electrons. The quantitative estimate of drug-likeness (QED) is 0.157. The van der Waals surface area contributed by atoms with Gasteiger partial charge in [-0.25, -0.2) is 9.59 Å². The summed E-state index contributed by atoms with van der Waals surface area (Å²) in [6.45, 7) is 5.90. The maximum atomic E-state index is 12.1. The van der Waals surface area contributed by atoms with E-state index in [1.54, 1.807) is 33.1 Å². The molecule has 4 N–H and O–H groups in total. The van der Waals surface area contributed by atoms with Gasteiger partial charge in [-0.05, 0) is 22.6 Å². The lowest BCUT2D eigenvalue weighted by Gasteiger charge is -2.48. The Labute approximate surface area is 348 Å². The number of amides is 2. The number of carbonyl (C=O) groups is 2. The average molecular weight is 825 g/mol. The molecule has 2 saturated heterocycles. The number of β-amino-alcohol motifs (C(OH)–C–C–N with tert-alkyl or cyclic N) is 1. The Hall–Kier alpha value is -4.16. The predicted molar refractivity (Wildman–Crippen MR) is 221 cm³/mol. The van der Waals surface area contributed by atoms with Crippen LogP contribution in [0.5, 0.6) is 0 Å². The number of rotatable bonds is 17. The number of carbonyl (C=O) groups excluding carboxylic acids is 2. The van der Waals surface area contributed by atoms with Crippen molar-refractivity contribution in [2.75, 3.05) is 80.8 Å². The van der Waals surface area contributed by atoms with Gasteiger partial charge in [0.15, 0.2) is 0 Å². The Morgan fingerprint density at radius 3 is 1.53 bits per heavy atom. The van der Waals surface area contributed by atoms with E-state index in [2.05, 4.69) is 48.2 Å². The fraction of sp³-hybridized carbons (Fsp3) is 0.545. The standard InChI is InChI=1S/C33H42N2O5.C11H22N2O6/c1-26-21-35(19-20-38-33(36)34(2)3)30(25-37-22-27-13-7-4-8-14-27)32(40-24-29-17-11-6-12-18-29)31(26)39-23-28-15-9-5-10-16-28;1-12(2)11(18)19-4-3-13-5-8(15)10(17)9(16)7(13)6-14/h4-18,26,30-32H,19-25H2,1-3H3;7-10,14-17H,3-6H2,1-2H3/t26-,30+,31+,32+;7-,8+,9-,10-/m01/s1. The summed E-state index contributed by atoms with van der Waals surface area (Å²) in [7, 11) is 6.49. The van der Waals surface area contributed by atoms with E-state index >= 15 is 0 Å². The SMILES string of the molecule is CN(C)C(=O)OCCN1C[C@H](O)[C@@H](O)[C@H](O)[C@H]1CO.C[C@H]1CN(CCOC(=O)N(C)C)[C@H](COCc2ccccc2)[C@@H](OCc2ccccc2)[C@@H]1OCc1ccccc1. The molecule has 2 fully saturated rings. The normalized spacial score (nSPS) is 24.7. The molecule has 0 saturated carbocycles. The Morgan fingerprint density at radius 2 is 1.07 bits per heavy atom. The number of likely N-dealkylation sites (tertiary alicyclic amines) is 2. The van der Waals surface area contributed by atoms with E-state index in [1.165, 1.54) is 9.80 Å². The predicted octanol–water partition coefficient (Wildman–Crippen LogP) is 2.84. The Morgan fingerprint density at radius 1 is 0.627 bits per heavy atom. The summed E-state index contributed by atoms with van der Waals surface area (Å²) in [6.07, 6.45) is -4.82. The molecule has 15 heteroatoms. The highest BCUT2D eigenvalue weighted by Crippen LogP contribution is 2.30. The molecule has 2 aliphatic heterocycles. The van der Waals surface area contributed by atoms with Crippen LogP contribution in [0.3, 0.4) is 0 Å². The summed E-state index contributed by atoms with van der Waals surface area (Å²) in [5, 5.41) is 38.1. The lowest BCUT2D eigenvalue weighted by molar-refractivity contribution is -0.177. The molecule has 3 aromatic carbocycles. The summed E-state index contributed by atoms with van der Waals surface area (Å²) in [5.74, 6) is 0.194. The van der Waals surface area contributed by atoms with Crippen LogP contribution in [0.1, 0.15) is 23.6 Å². The molecule has 8 atom stereocenters. The molecule has 0 unspecified atom stereocenters. The second kappa shape index (κ2) is 24.8. The first-order chi connectivity index (χ1) is 28.4. The van der Waals surface area contributed by atoms with Crippen LogP contribution in [-0.4, -0.2) is 176 Å². The topological polar surface area (TPSA) is 174 Å². The molecular formula is C44H64N4O11. The highest BCUT2D eigenvalue weighted by molar-refractivity contribution is 5.67. The summed E-state index contributed by atoms with van der Waals surface area (Å²) in [4.78, 5) is 29.9. The van der Waals surface area contributed by atoms with Gasteiger partial charge in [0, 0.05) is 54.4 Å². The van der Waals surface area contributed by atoms with Crippen molar-refractivity contribution >= 4 is 12.2 Å². The van der Waals surface area contributed by atoms with Crippen molar-refractivity contribution in [2.45, 2.75) is 69.3 Å². The highest BCUT2D eigenvalue weighted by Gasteiger charge is 2.44. The van der Waals surface area contributed by atoms with Gasteiger partial charge in [0.1, 0.15) is 31.5 Å². The molecule has 2 aliphatic rings. The molecule has 3 aromatic rings. The molecule has 0 spiro atoms. The van der Waals surface area contributed by atoms with Crippen LogP contribution in [0, 0.1) is 5.92 Å². The zero-order valence-electron chi connectivity index (χ0n) is 35.0. The number of nitrogens with zero attached hydrogens (tertiary/aromatic N) is 4. The second-order valence-electron chi connectivity index (χ2n) is 15.4. The molecule has 0 bridgehead atoms. The van der Waals surface area contributed by atoms with Crippen molar-refractivity contribution in [3.8, 4) is 0 Å². The van der Waals surface area contributed by atoms with Crippen molar-refractivity contribution in [3.05, 3.63) is 108 Å². The van der Waals surface area contributed by atoms with Crippen LogP contribution in [0.25, 0.3) is 0 Å². The number of aliphatic hydroxyl groups is 4. The second-order valence-corrected chi connectivity index (χ2v) is 15.4. The number of ether oxygens (including phenoxy) is 5. The minimum absolute atomic E-state index is 0.0725. The van der Waals surface area contributed by atoms with Crippen LogP contribution >= 0.6 is 0 Å². The van der Waals surface area contributed by atoms with Crippen molar-refractivity contribution < 1.29 is 53.7 Å². The largest absolute Gasteiger partial charge is 0.448 e. The third-order valence-corrected chi connectivity index (χ3v) is 10.4. The van der Waals surface area contributed by atoms with Crippen LogP contribution in [-0.2, 0) is 43.5 Å². The van der Waals surface area contributed by atoms with Gasteiger partial charge >= 0.3 is 12.2 Å². The van der Waals surface area contributed by atoms with Crippen molar-refractivity contribution in [1.29, 1.82) is 0 Å². The maximum Gasteiger partial charge on any atom is 0.409 e. The zero-order chi connectivity index (χ0) is 42.7. The number of hydrogen-bond donors (Lipinski definition) is 4. The van der Waals surface area contributed by atoms with Gasteiger partial charge in [-0.3, -0.25) is 9.80 Å². The van der Waals surface area contributed by atoms with Gasteiger partial charge in [0.25, 0.3) is 0 Å². The third kappa shape index (κ3) is 15.1. The van der Waals surface area contributed by atoms with Gasteiger partial charge in [-0.2, -0.15) is 0 Å². The van der Waals surface area contributed by atoms with Gasteiger partial charge in [-0.15, -0.1) is 0 Å². The van der Waals surface area contributed by atoms with Gasteiger partial charge in [-0.1, -0.05) is 97.9 Å². The van der Waals surface area contributed by atoms with E-state index in [0.717, 1.165) is 23.2 Å². The summed E-state index contributed by atoms with van der Waals surface area (Å²) < 4.78 is 30.0. The fourth-order valence-electron chi connectivity index (χ4n) is 7.08. The van der Waals surface area contributed by atoms with Crippen LogP contribution in [0.2, 0.25) is 0 Å². The number of aliphatic hydroxyl groups excluding tert-OH is 4. The summed E-state index contributed by atoms with van der Waals surface area (Å²) in [5.41, 5.74) is 3.36. The van der Waals surface area contributed by atoms with Gasteiger partial charge < -0.3 is 53.9 Å². The first-order valence-electron chi connectivity index (χ1n) is 20.1. The molecule has 59 heavy (non-hydrogen) atoms. The number of benzene rings is 3. The van der Waals surface area contributed by atoms with E-state index in [-0.39, 0.29) is 56.6 Å². The van der Waals surface area contributed by atoms with Gasteiger partial charge in [0.2, 0.25) is 0 Å². The minimum atomic E-state index is -1.28. The molecule has 0 aliphatic carbocycles. The smallest absolute Gasteiger partial charge is 0.409 e. The van der Waals surface area contributed by atoms with E-state index in [1.807, 2.05) is 54.6 Å². The highest BCUT2D eigenvalue weighted by atomic mass is 16.6.